The van der Waals surface area contributed by atoms with Crippen LogP contribution in [0, 0.1) is 0 Å². The highest BCUT2D eigenvalue weighted by Gasteiger charge is 2.55. The summed E-state index contributed by atoms with van der Waals surface area (Å²) in [5.74, 6) is 0. The van der Waals surface area contributed by atoms with Crippen molar-refractivity contribution < 1.29 is 13.2 Å². The number of hydrogen-bond donors (Lipinski definition) is 0. The van der Waals surface area contributed by atoms with Crippen molar-refractivity contribution in [1.82, 2.24) is 0 Å². The SMILES string of the molecule is O=S(=O)(Cl)C1(CC2CCCO2)CC1. The normalized spacial score (nSPS) is 31.9. The van der Waals surface area contributed by atoms with Crippen LogP contribution in [0.15, 0.2) is 0 Å². The number of hydrogen-bond acceptors (Lipinski definition) is 3. The molecule has 2 rings (SSSR count). The van der Waals surface area contributed by atoms with Crippen LogP contribution in [0.3, 0.4) is 0 Å². The van der Waals surface area contributed by atoms with Crippen molar-refractivity contribution >= 4 is 19.7 Å². The van der Waals surface area contributed by atoms with Crippen molar-refractivity contribution in [1.29, 1.82) is 0 Å². The van der Waals surface area contributed by atoms with Gasteiger partial charge >= 0.3 is 0 Å². The van der Waals surface area contributed by atoms with Crippen LogP contribution in [0.1, 0.15) is 32.1 Å². The van der Waals surface area contributed by atoms with E-state index in [4.69, 9.17) is 15.4 Å². The molecule has 0 N–H and O–H groups in total. The fourth-order valence-corrected chi connectivity index (χ4v) is 3.53. The highest BCUT2D eigenvalue weighted by molar-refractivity contribution is 8.15. The third kappa shape index (κ3) is 1.85. The number of rotatable bonds is 3. The smallest absolute Gasteiger partial charge is 0.238 e. The van der Waals surface area contributed by atoms with Gasteiger partial charge in [-0.05, 0) is 32.1 Å². The van der Waals surface area contributed by atoms with Crippen LogP contribution in [-0.2, 0) is 13.8 Å². The molecular formula is C8H13ClO3S. The second-order valence-corrected chi connectivity index (χ2v) is 6.92. The average Bonchev–Trinajstić information content (AvgIpc) is 2.59. The first-order valence-electron chi connectivity index (χ1n) is 4.59. The summed E-state index contributed by atoms with van der Waals surface area (Å²) < 4.78 is 27.2. The van der Waals surface area contributed by atoms with E-state index >= 15 is 0 Å². The molecule has 2 aliphatic rings. The Morgan fingerprint density at radius 2 is 2.15 bits per heavy atom. The van der Waals surface area contributed by atoms with E-state index in [1.807, 2.05) is 0 Å². The predicted octanol–water partition coefficient (Wildman–Crippen LogP) is 1.66. The number of ether oxygens (including phenoxy) is 1. The highest BCUT2D eigenvalue weighted by Crippen LogP contribution is 2.50. The second kappa shape index (κ2) is 3.11. The molecule has 0 aromatic rings. The molecule has 1 heterocycles. The molecule has 1 unspecified atom stereocenters. The summed E-state index contributed by atoms with van der Waals surface area (Å²) in [4.78, 5) is 0. The molecule has 0 spiro atoms. The minimum absolute atomic E-state index is 0.121. The Morgan fingerprint density at radius 1 is 1.46 bits per heavy atom. The third-order valence-electron chi connectivity index (χ3n) is 2.95. The molecular weight excluding hydrogens is 212 g/mol. The Bertz CT molecular complexity index is 289. The van der Waals surface area contributed by atoms with Crippen LogP contribution in [-0.4, -0.2) is 25.9 Å². The van der Waals surface area contributed by atoms with Gasteiger partial charge in [0.1, 0.15) is 0 Å². The Hall–Kier alpha value is 0.200. The lowest BCUT2D eigenvalue weighted by molar-refractivity contribution is 0.102. The maximum atomic E-state index is 11.2. The molecule has 1 aliphatic carbocycles. The van der Waals surface area contributed by atoms with Crippen LogP contribution in [0.25, 0.3) is 0 Å². The first-order chi connectivity index (χ1) is 6.04. The van der Waals surface area contributed by atoms with Crippen molar-refractivity contribution in [3.63, 3.8) is 0 Å². The van der Waals surface area contributed by atoms with E-state index in [1.54, 1.807) is 0 Å². The van der Waals surface area contributed by atoms with Crippen LogP contribution in [0.5, 0.6) is 0 Å². The maximum Gasteiger partial charge on any atom is 0.238 e. The topological polar surface area (TPSA) is 43.4 Å². The minimum Gasteiger partial charge on any atom is -0.378 e. The summed E-state index contributed by atoms with van der Waals surface area (Å²) in [6, 6.07) is 0. The van der Waals surface area contributed by atoms with Gasteiger partial charge in [0.25, 0.3) is 0 Å². The van der Waals surface area contributed by atoms with Gasteiger partial charge in [-0.2, -0.15) is 0 Å². The van der Waals surface area contributed by atoms with E-state index in [-0.39, 0.29) is 6.10 Å². The van der Waals surface area contributed by atoms with Gasteiger partial charge in [-0.3, -0.25) is 0 Å². The van der Waals surface area contributed by atoms with E-state index in [9.17, 15) is 8.42 Å². The summed E-state index contributed by atoms with van der Waals surface area (Å²) in [5, 5.41) is 0. The summed E-state index contributed by atoms with van der Waals surface area (Å²) in [5.41, 5.74) is 0. The zero-order valence-electron chi connectivity index (χ0n) is 7.33. The monoisotopic (exact) mass is 224 g/mol. The summed E-state index contributed by atoms with van der Waals surface area (Å²) in [7, 11) is 2.00. The van der Waals surface area contributed by atoms with Gasteiger partial charge in [0.05, 0.1) is 10.9 Å². The summed E-state index contributed by atoms with van der Waals surface area (Å²) >= 11 is 0. The van der Waals surface area contributed by atoms with Crippen molar-refractivity contribution in [3.8, 4) is 0 Å². The van der Waals surface area contributed by atoms with Crippen LogP contribution in [0.4, 0.5) is 0 Å². The van der Waals surface area contributed by atoms with Gasteiger partial charge in [-0.1, -0.05) is 0 Å². The third-order valence-corrected chi connectivity index (χ3v) is 5.54. The zero-order chi connectivity index (χ0) is 9.53. The van der Waals surface area contributed by atoms with Gasteiger partial charge < -0.3 is 4.74 Å². The molecule has 3 nitrogen and oxygen atoms in total. The summed E-state index contributed by atoms with van der Waals surface area (Å²) in [6.07, 6.45) is 4.16. The van der Waals surface area contributed by atoms with Gasteiger partial charge in [0, 0.05) is 17.3 Å². The second-order valence-electron chi connectivity index (χ2n) is 3.96. The van der Waals surface area contributed by atoms with Crippen molar-refractivity contribution in [2.75, 3.05) is 6.61 Å². The zero-order valence-corrected chi connectivity index (χ0v) is 8.90. The molecule has 1 aliphatic heterocycles. The lowest BCUT2D eigenvalue weighted by atomic mass is 10.1. The quantitative estimate of drug-likeness (QED) is 0.685. The molecule has 1 saturated carbocycles. The van der Waals surface area contributed by atoms with E-state index < -0.39 is 13.8 Å². The molecule has 0 radical (unpaired) electrons. The van der Waals surface area contributed by atoms with Crippen LogP contribution >= 0.6 is 10.7 Å². The standard InChI is InChI=1S/C8H13ClO3S/c9-13(10,11)8(3-4-8)6-7-2-1-5-12-7/h7H,1-6H2. The van der Waals surface area contributed by atoms with E-state index in [2.05, 4.69) is 0 Å². The van der Waals surface area contributed by atoms with Crippen LogP contribution < -0.4 is 0 Å². The Kier molecular flexibility index (Phi) is 2.33. The van der Waals surface area contributed by atoms with Crippen LogP contribution in [0.2, 0.25) is 0 Å². The molecule has 0 aromatic heterocycles. The molecule has 13 heavy (non-hydrogen) atoms. The van der Waals surface area contributed by atoms with Crippen molar-refractivity contribution in [3.05, 3.63) is 0 Å². The first kappa shape index (κ1) is 9.74. The molecule has 2 fully saturated rings. The van der Waals surface area contributed by atoms with Gasteiger partial charge in [0.15, 0.2) is 0 Å². The Balaban J connectivity index is 2.01. The molecule has 76 valence electrons. The van der Waals surface area contributed by atoms with Gasteiger partial charge in [0.2, 0.25) is 9.05 Å². The largest absolute Gasteiger partial charge is 0.378 e. The van der Waals surface area contributed by atoms with Crippen molar-refractivity contribution in [2.24, 2.45) is 0 Å². The number of halogens is 1. The minimum atomic E-state index is -3.39. The van der Waals surface area contributed by atoms with Crippen molar-refractivity contribution in [2.45, 2.75) is 43.0 Å². The highest BCUT2D eigenvalue weighted by atomic mass is 35.7. The molecule has 0 bridgehead atoms. The molecule has 5 heteroatoms. The molecule has 0 aromatic carbocycles. The fraction of sp³-hybridized carbons (Fsp3) is 1.00. The average molecular weight is 225 g/mol. The Morgan fingerprint density at radius 3 is 2.54 bits per heavy atom. The molecule has 1 saturated heterocycles. The molecule has 0 amide bonds. The maximum absolute atomic E-state index is 11.2. The van der Waals surface area contributed by atoms with E-state index in [0.29, 0.717) is 19.3 Å². The Labute approximate surface area is 82.8 Å². The van der Waals surface area contributed by atoms with E-state index in [1.165, 1.54) is 0 Å². The fourth-order valence-electron chi connectivity index (χ4n) is 1.91. The predicted molar refractivity (Wildman–Crippen MR) is 50.3 cm³/mol. The lowest BCUT2D eigenvalue weighted by Gasteiger charge is -2.15. The summed E-state index contributed by atoms with van der Waals surface area (Å²) in [6.45, 7) is 0.767. The molecule has 1 atom stereocenters. The lowest BCUT2D eigenvalue weighted by Crippen LogP contribution is -2.24. The van der Waals surface area contributed by atoms with Gasteiger partial charge in [-0.25, -0.2) is 8.42 Å². The van der Waals surface area contributed by atoms with E-state index in [0.717, 1.165) is 19.4 Å². The first-order valence-corrected chi connectivity index (χ1v) is 6.90. The van der Waals surface area contributed by atoms with Gasteiger partial charge in [-0.15, -0.1) is 0 Å².